The minimum Gasteiger partial charge on any atom is -0.508 e. The standard InChI is InChI=1S/C41H62N16O8/c42-28(7-3-15-49-39(43)44)34(61)54-30(9-4-16-50-40(45)46)35(62)55-31(10-5-17-51-41(47)48)36(63)57-33(22-59)38(65)56-32(19-24-20-52-29-8-2-1-6-27(24)29)37(64)53-25(21-58)18-23-11-13-26(60)14-12-23/h1-2,6,8,11-14,20-21,25,28,30-33,52,59-60H,3-5,7,9-10,15-19,22,42H2,(H,53,64)(H,54,61)(H,55,62)(H,56,65)(H,57,63)(H4,43,44,49)(H4,45,46,50)(H4,47,48,51)/t25-,28-,30-,31-,32-,33-/m0/s1. The highest BCUT2D eigenvalue weighted by Crippen LogP contribution is 2.20. The van der Waals surface area contributed by atoms with Crippen LogP contribution in [0.4, 0.5) is 0 Å². The van der Waals surface area contributed by atoms with Gasteiger partial charge in [-0.3, -0.25) is 38.9 Å². The number of aliphatic hydroxyl groups excluding tert-OH is 1. The minimum atomic E-state index is -1.65. The van der Waals surface area contributed by atoms with Crippen molar-refractivity contribution in [2.75, 3.05) is 26.2 Å². The van der Waals surface area contributed by atoms with Crippen molar-refractivity contribution in [3.8, 4) is 5.75 Å². The molecule has 3 aromatic rings. The van der Waals surface area contributed by atoms with Gasteiger partial charge in [0.1, 0.15) is 36.2 Å². The molecule has 0 radical (unpaired) electrons. The van der Waals surface area contributed by atoms with Gasteiger partial charge in [-0.05, 0) is 74.3 Å². The van der Waals surface area contributed by atoms with Crippen LogP contribution in [0.2, 0.25) is 0 Å². The number of hydrogen-bond acceptors (Lipinski definition) is 12. The Balaban J connectivity index is 1.84. The maximum absolute atomic E-state index is 13.9. The van der Waals surface area contributed by atoms with Crippen molar-refractivity contribution < 1.29 is 39.0 Å². The summed E-state index contributed by atoms with van der Waals surface area (Å²) in [6.07, 6.45) is 3.07. The molecule has 24 heteroatoms. The third kappa shape index (κ3) is 18.4. The normalized spacial score (nSPS) is 13.6. The summed E-state index contributed by atoms with van der Waals surface area (Å²) in [6.45, 7) is -0.555. The van der Waals surface area contributed by atoms with Gasteiger partial charge in [0.05, 0.1) is 18.7 Å². The molecule has 22 N–H and O–H groups in total. The van der Waals surface area contributed by atoms with Crippen LogP contribution in [-0.2, 0) is 41.6 Å². The summed E-state index contributed by atoms with van der Waals surface area (Å²) < 4.78 is 0. The molecule has 0 bridgehead atoms. The topological polar surface area (TPSA) is 438 Å². The predicted octanol–water partition coefficient (Wildman–Crippen LogP) is -4.24. The lowest BCUT2D eigenvalue weighted by Crippen LogP contribution is -2.60. The molecule has 1 aromatic heterocycles. The van der Waals surface area contributed by atoms with Crippen LogP contribution < -0.4 is 66.7 Å². The van der Waals surface area contributed by atoms with Gasteiger partial charge in [0.25, 0.3) is 0 Å². The Hall–Kier alpha value is -7.47. The Kier molecular flexibility index (Phi) is 21.5. The number of aldehydes is 1. The summed E-state index contributed by atoms with van der Waals surface area (Å²) in [4.78, 5) is 95.6. The number of nitrogens with two attached hydrogens (primary N) is 7. The van der Waals surface area contributed by atoms with E-state index in [9.17, 15) is 39.0 Å². The maximum Gasteiger partial charge on any atom is 0.245 e. The number of fused-ring (bicyclic) bond motifs is 1. The number of aliphatic imine (C=N–C) groups is 3. The second-order valence-electron chi connectivity index (χ2n) is 15.1. The number of nitrogens with zero attached hydrogens (tertiary/aromatic N) is 3. The van der Waals surface area contributed by atoms with Gasteiger partial charge in [-0.15, -0.1) is 0 Å². The Labute approximate surface area is 375 Å². The number of benzene rings is 2. The third-order valence-electron chi connectivity index (χ3n) is 9.89. The molecule has 24 nitrogen and oxygen atoms in total. The monoisotopic (exact) mass is 906 g/mol. The molecule has 0 aliphatic heterocycles. The SMILES string of the molecule is NC(N)=NCCC[C@H](NC(=O)[C@H](CCCN=C(N)N)NC(=O)[C@@H](N)CCCN=C(N)N)C(=O)N[C@@H](CO)C(=O)N[C@@H](Cc1c[nH]c2ccccc12)C(=O)N[C@H](C=O)Cc1ccc(O)cc1. The molecule has 0 saturated carbocycles. The average molecular weight is 907 g/mol. The zero-order chi connectivity index (χ0) is 47.9. The summed E-state index contributed by atoms with van der Waals surface area (Å²) in [5.74, 6) is -4.58. The van der Waals surface area contributed by atoms with Crippen LogP contribution in [0, 0.1) is 0 Å². The summed E-state index contributed by atoms with van der Waals surface area (Å²) in [5.41, 5.74) is 40.7. The average Bonchev–Trinajstić information content (AvgIpc) is 3.68. The molecule has 1 heterocycles. The number of carbonyl (C=O) groups excluding carboxylic acids is 6. The van der Waals surface area contributed by atoms with E-state index in [-0.39, 0.29) is 88.2 Å². The number of aromatic hydroxyl groups is 1. The summed E-state index contributed by atoms with van der Waals surface area (Å²) in [6, 6.07) is 5.66. The lowest BCUT2D eigenvalue weighted by molar-refractivity contribution is -0.135. The number of phenols is 1. The molecule has 6 atom stereocenters. The fourth-order valence-corrected chi connectivity index (χ4v) is 6.52. The largest absolute Gasteiger partial charge is 0.508 e. The van der Waals surface area contributed by atoms with Gasteiger partial charge in [0.2, 0.25) is 29.5 Å². The number of hydrogen-bond donors (Lipinski definition) is 15. The highest BCUT2D eigenvalue weighted by atomic mass is 16.3. The molecule has 0 aliphatic carbocycles. The predicted molar refractivity (Wildman–Crippen MR) is 244 cm³/mol. The third-order valence-corrected chi connectivity index (χ3v) is 9.89. The zero-order valence-corrected chi connectivity index (χ0v) is 35.9. The number of para-hydroxylation sites is 1. The van der Waals surface area contributed by atoms with Crippen LogP contribution in [0.15, 0.2) is 69.7 Å². The van der Waals surface area contributed by atoms with Crippen molar-refractivity contribution in [3.63, 3.8) is 0 Å². The Morgan fingerprint density at radius 2 is 1.09 bits per heavy atom. The van der Waals surface area contributed by atoms with E-state index in [1.165, 1.54) is 12.1 Å². The summed E-state index contributed by atoms with van der Waals surface area (Å²) in [7, 11) is 0. The van der Waals surface area contributed by atoms with Crippen LogP contribution in [0.5, 0.6) is 5.75 Å². The number of H-pyrrole nitrogens is 1. The van der Waals surface area contributed by atoms with E-state index in [0.717, 1.165) is 10.9 Å². The highest BCUT2D eigenvalue weighted by Gasteiger charge is 2.32. The van der Waals surface area contributed by atoms with Gasteiger partial charge >= 0.3 is 0 Å². The lowest BCUT2D eigenvalue weighted by Gasteiger charge is -2.26. The first-order valence-electron chi connectivity index (χ1n) is 20.8. The van der Waals surface area contributed by atoms with Crippen LogP contribution >= 0.6 is 0 Å². The lowest BCUT2D eigenvalue weighted by atomic mass is 10.0. The van der Waals surface area contributed by atoms with Crippen molar-refractivity contribution in [2.24, 2.45) is 55.1 Å². The molecule has 3 rings (SSSR count). The van der Waals surface area contributed by atoms with E-state index < -0.39 is 72.4 Å². The molecule has 0 saturated heterocycles. The van der Waals surface area contributed by atoms with Crippen LogP contribution in [-0.4, -0.2) is 131 Å². The number of guanidine groups is 3. The molecule has 354 valence electrons. The molecule has 65 heavy (non-hydrogen) atoms. The first-order valence-corrected chi connectivity index (χ1v) is 20.8. The number of rotatable bonds is 28. The van der Waals surface area contributed by atoms with Crippen LogP contribution in [0.25, 0.3) is 10.9 Å². The van der Waals surface area contributed by atoms with Gasteiger partial charge in [-0.25, -0.2) is 0 Å². The smallest absolute Gasteiger partial charge is 0.245 e. The van der Waals surface area contributed by atoms with E-state index in [4.69, 9.17) is 40.1 Å². The van der Waals surface area contributed by atoms with E-state index in [0.29, 0.717) is 23.8 Å². The van der Waals surface area contributed by atoms with E-state index >= 15 is 0 Å². The van der Waals surface area contributed by atoms with Gasteiger partial charge in [0.15, 0.2) is 17.9 Å². The van der Waals surface area contributed by atoms with Crippen LogP contribution in [0.3, 0.4) is 0 Å². The quantitative estimate of drug-likeness (QED) is 0.0142. The van der Waals surface area contributed by atoms with E-state index in [1.807, 2.05) is 18.2 Å². The van der Waals surface area contributed by atoms with Crippen molar-refractivity contribution in [1.29, 1.82) is 0 Å². The highest BCUT2D eigenvalue weighted by molar-refractivity contribution is 5.96. The second kappa shape index (κ2) is 26.9. The van der Waals surface area contributed by atoms with Gasteiger partial charge in [0, 0.05) is 43.2 Å². The van der Waals surface area contributed by atoms with Gasteiger partial charge in [-0.1, -0.05) is 30.3 Å². The summed E-state index contributed by atoms with van der Waals surface area (Å²) in [5, 5.41) is 33.8. The molecule has 0 fully saturated rings. The molecule has 0 aliphatic rings. The van der Waals surface area contributed by atoms with Crippen molar-refractivity contribution >= 4 is 64.6 Å². The first kappa shape index (κ1) is 51.9. The molecule has 5 amide bonds. The minimum absolute atomic E-state index is 0.0128. The maximum atomic E-state index is 13.9. The number of aromatic nitrogens is 1. The number of aromatic amines is 1. The molecular weight excluding hydrogens is 845 g/mol. The van der Waals surface area contributed by atoms with E-state index in [2.05, 4.69) is 46.5 Å². The number of phenolic OH excluding ortho intramolecular Hbond substituents is 1. The first-order chi connectivity index (χ1) is 31.0. The Morgan fingerprint density at radius 1 is 0.615 bits per heavy atom. The Morgan fingerprint density at radius 3 is 1.63 bits per heavy atom. The second-order valence-corrected chi connectivity index (χ2v) is 15.1. The number of nitrogens with one attached hydrogen (secondary N) is 6. The zero-order valence-electron chi connectivity index (χ0n) is 35.9. The van der Waals surface area contributed by atoms with Gasteiger partial charge in [-0.2, -0.15) is 0 Å². The fraction of sp³-hybridized carbons (Fsp3) is 0.439. The molecule has 2 aromatic carbocycles. The van der Waals surface area contributed by atoms with Crippen molar-refractivity contribution in [2.45, 2.75) is 87.6 Å². The number of aliphatic hydroxyl groups is 1. The fourth-order valence-electron chi connectivity index (χ4n) is 6.52. The van der Waals surface area contributed by atoms with Gasteiger partial charge < -0.3 is 86.7 Å². The van der Waals surface area contributed by atoms with Crippen molar-refractivity contribution in [1.82, 2.24) is 31.6 Å². The van der Waals surface area contributed by atoms with Crippen LogP contribution in [0.1, 0.15) is 49.7 Å². The molecule has 0 unspecified atom stereocenters. The van der Waals surface area contributed by atoms with Crippen molar-refractivity contribution in [3.05, 3.63) is 65.9 Å². The molecule has 0 spiro atoms. The number of carbonyl (C=O) groups is 6. The van der Waals surface area contributed by atoms with E-state index in [1.54, 1.807) is 24.4 Å². The number of amides is 5. The summed E-state index contributed by atoms with van der Waals surface area (Å²) >= 11 is 0. The Bertz CT molecular complexity index is 2130. The molecular formula is C41H62N16O8.